The normalized spacial score (nSPS) is 28.5. The summed E-state index contributed by atoms with van der Waals surface area (Å²) >= 11 is 0. The van der Waals surface area contributed by atoms with Crippen LogP contribution in [0.1, 0.15) is 71.4 Å². The minimum Gasteiger partial charge on any atom is -0.392 e. The molecule has 2 unspecified atom stereocenters. The Morgan fingerprint density at radius 3 is 2.64 bits per heavy atom. The number of aliphatic hydroxyl groups is 1. The number of hydrogen-bond donors (Lipinski definition) is 1. The summed E-state index contributed by atoms with van der Waals surface area (Å²) < 4.78 is 2.24. The van der Waals surface area contributed by atoms with E-state index < -0.39 is 0 Å². The van der Waals surface area contributed by atoms with E-state index in [4.69, 9.17) is 0 Å². The van der Waals surface area contributed by atoms with Gasteiger partial charge >= 0.3 is 0 Å². The van der Waals surface area contributed by atoms with Gasteiger partial charge in [0.1, 0.15) is 0 Å². The second kappa shape index (κ2) is 7.33. The van der Waals surface area contributed by atoms with Gasteiger partial charge < -0.3 is 9.67 Å². The van der Waals surface area contributed by atoms with Crippen molar-refractivity contribution in [3.05, 3.63) is 42.4 Å². The summed E-state index contributed by atoms with van der Waals surface area (Å²) in [4.78, 5) is 4.32. The van der Waals surface area contributed by atoms with E-state index in [-0.39, 0.29) is 17.6 Å². The second-order valence-corrected chi connectivity index (χ2v) is 7.88. The summed E-state index contributed by atoms with van der Waals surface area (Å²) in [7, 11) is 0. The Balaban J connectivity index is 0.000000880. The third-order valence-electron chi connectivity index (χ3n) is 6.27. The molecule has 0 amide bonds. The predicted octanol–water partition coefficient (Wildman–Crippen LogP) is 5.45. The average Bonchev–Trinajstić information content (AvgIpc) is 3.22. The van der Waals surface area contributed by atoms with Gasteiger partial charge in [0.05, 0.1) is 30.4 Å². The quantitative estimate of drug-likeness (QED) is 0.807. The number of hydrogen-bond acceptors (Lipinski definition) is 2. The molecule has 25 heavy (non-hydrogen) atoms. The minimum atomic E-state index is -0.263. The highest BCUT2D eigenvalue weighted by molar-refractivity contribution is 5.68. The Labute approximate surface area is 152 Å². The minimum absolute atomic E-state index is 0.0603. The van der Waals surface area contributed by atoms with Crippen molar-refractivity contribution in [2.24, 2.45) is 11.3 Å². The molecule has 0 radical (unpaired) electrons. The molecule has 3 heteroatoms. The molecule has 0 saturated heterocycles. The van der Waals surface area contributed by atoms with Gasteiger partial charge in [-0.2, -0.15) is 0 Å². The van der Waals surface area contributed by atoms with Crippen molar-refractivity contribution in [1.82, 2.24) is 9.55 Å². The van der Waals surface area contributed by atoms with Crippen molar-refractivity contribution >= 4 is 0 Å². The first-order chi connectivity index (χ1) is 12.1. The first-order valence-electron chi connectivity index (χ1n) is 9.88. The van der Waals surface area contributed by atoms with Crippen LogP contribution >= 0.6 is 0 Å². The van der Waals surface area contributed by atoms with E-state index in [1.807, 2.05) is 26.4 Å². The Bertz CT molecular complexity index is 698. The van der Waals surface area contributed by atoms with Gasteiger partial charge in [0.25, 0.3) is 0 Å². The molecule has 2 heterocycles. The molecule has 1 aromatic carbocycles. The van der Waals surface area contributed by atoms with Crippen molar-refractivity contribution in [2.45, 2.75) is 71.9 Å². The van der Waals surface area contributed by atoms with Gasteiger partial charge in [0.15, 0.2) is 0 Å². The number of benzene rings is 1. The summed E-state index contributed by atoms with van der Waals surface area (Å²) in [6.45, 7) is 8.61. The van der Waals surface area contributed by atoms with Crippen LogP contribution in [-0.2, 0) is 0 Å². The van der Waals surface area contributed by atoms with Crippen LogP contribution in [0.25, 0.3) is 11.3 Å². The molecule has 136 valence electrons. The van der Waals surface area contributed by atoms with Gasteiger partial charge in [-0.05, 0) is 36.2 Å². The third kappa shape index (κ3) is 3.27. The molecule has 0 bridgehead atoms. The monoisotopic (exact) mass is 340 g/mol. The smallest absolute Gasteiger partial charge is 0.0956 e. The van der Waals surface area contributed by atoms with Gasteiger partial charge in [-0.15, -0.1) is 0 Å². The first kappa shape index (κ1) is 18.2. The topological polar surface area (TPSA) is 38.1 Å². The van der Waals surface area contributed by atoms with Crippen LogP contribution in [0.5, 0.6) is 0 Å². The zero-order valence-electron chi connectivity index (χ0n) is 16.1. The molecular weight excluding hydrogens is 308 g/mol. The molecule has 1 saturated carbocycles. The van der Waals surface area contributed by atoms with Crippen LogP contribution in [0.15, 0.2) is 36.8 Å². The number of nitrogens with zero attached hydrogens (tertiary/aromatic N) is 2. The lowest BCUT2D eigenvalue weighted by atomic mass is 9.67. The summed E-state index contributed by atoms with van der Waals surface area (Å²) in [5, 5.41) is 11.0. The maximum absolute atomic E-state index is 11.0. The van der Waals surface area contributed by atoms with E-state index >= 15 is 0 Å². The lowest BCUT2D eigenvalue weighted by Crippen LogP contribution is -2.37. The zero-order chi connectivity index (χ0) is 18.0. The van der Waals surface area contributed by atoms with Gasteiger partial charge in [0, 0.05) is 5.56 Å². The molecule has 3 nitrogen and oxygen atoms in total. The fourth-order valence-corrected chi connectivity index (χ4v) is 4.42. The highest BCUT2D eigenvalue weighted by Crippen LogP contribution is 2.47. The standard InChI is InChI=1S/C20H26N2O.C2H6/c1-14-7-9-20(2,10-8-14)19(23)11-17-15-5-3-4-6-16(15)18-12-21-13-22(17)18;1-2/h3-6,12-14,17,19,23H,7-11H2,1-2H3;1-2H3. The van der Waals surface area contributed by atoms with E-state index in [1.54, 1.807) is 0 Å². The maximum Gasteiger partial charge on any atom is 0.0956 e. The largest absolute Gasteiger partial charge is 0.392 e. The molecule has 1 N–H and O–H groups in total. The van der Waals surface area contributed by atoms with E-state index in [0.29, 0.717) is 0 Å². The fraction of sp³-hybridized carbons (Fsp3) is 0.591. The van der Waals surface area contributed by atoms with Gasteiger partial charge in [-0.3, -0.25) is 0 Å². The number of aliphatic hydroxyl groups excluding tert-OH is 1. The molecule has 1 aliphatic carbocycles. The Morgan fingerprint density at radius 1 is 1.24 bits per heavy atom. The van der Waals surface area contributed by atoms with Crippen LogP contribution in [-0.4, -0.2) is 20.8 Å². The molecule has 2 aliphatic rings. The third-order valence-corrected chi connectivity index (χ3v) is 6.27. The number of aromatic nitrogens is 2. The molecule has 4 rings (SSSR count). The van der Waals surface area contributed by atoms with E-state index in [0.717, 1.165) is 25.2 Å². The van der Waals surface area contributed by atoms with Crippen LogP contribution in [0, 0.1) is 11.3 Å². The van der Waals surface area contributed by atoms with Gasteiger partial charge in [-0.1, -0.05) is 64.8 Å². The summed E-state index contributed by atoms with van der Waals surface area (Å²) in [6, 6.07) is 8.76. The highest BCUT2D eigenvalue weighted by atomic mass is 16.3. The number of fused-ring (bicyclic) bond motifs is 3. The molecule has 1 aromatic heterocycles. The lowest BCUT2D eigenvalue weighted by Gasteiger charge is -2.41. The van der Waals surface area contributed by atoms with Crippen LogP contribution in [0.4, 0.5) is 0 Å². The average molecular weight is 341 g/mol. The summed E-state index contributed by atoms with van der Waals surface area (Å²) in [5.74, 6) is 0.808. The predicted molar refractivity (Wildman–Crippen MR) is 104 cm³/mol. The Kier molecular flexibility index (Phi) is 5.33. The maximum atomic E-state index is 11.0. The van der Waals surface area contributed by atoms with Crippen molar-refractivity contribution in [3.8, 4) is 11.3 Å². The van der Waals surface area contributed by atoms with Gasteiger partial charge in [0.2, 0.25) is 0 Å². The number of rotatable bonds is 3. The fourth-order valence-electron chi connectivity index (χ4n) is 4.42. The molecule has 1 fully saturated rings. The van der Waals surface area contributed by atoms with Crippen LogP contribution in [0.2, 0.25) is 0 Å². The SMILES string of the molecule is CC.CC1CCC(C)(C(O)CC2c3ccccc3-c3cncn32)CC1. The molecule has 0 spiro atoms. The lowest BCUT2D eigenvalue weighted by molar-refractivity contribution is -0.00982. The van der Waals surface area contributed by atoms with Crippen molar-refractivity contribution in [2.75, 3.05) is 0 Å². The molecule has 1 aliphatic heterocycles. The summed E-state index contributed by atoms with van der Waals surface area (Å²) in [5.41, 5.74) is 3.84. The van der Waals surface area contributed by atoms with E-state index in [2.05, 4.69) is 47.7 Å². The van der Waals surface area contributed by atoms with Crippen molar-refractivity contribution in [1.29, 1.82) is 0 Å². The molecule has 2 atom stereocenters. The van der Waals surface area contributed by atoms with E-state index in [9.17, 15) is 5.11 Å². The highest BCUT2D eigenvalue weighted by Gasteiger charge is 2.39. The second-order valence-electron chi connectivity index (χ2n) is 7.88. The van der Waals surface area contributed by atoms with Crippen molar-refractivity contribution in [3.63, 3.8) is 0 Å². The molecular formula is C22H32N2O. The van der Waals surface area contributed by atoms with Gasteiger partial charge in [-0.25, -0.2) is 4.98 Å². The Hall–Kier alpha value is -1.61. The van der Waals surface area contributed by atoms with Crippen molar-refractivity contribution < 1.29 is 5.11 Å². The molecule has 2 aromatic rings. The number of imidazole rings is 1. The van der Waals surface area contributed by atoms with E-state index in [1.165, 1.54) is 29.7 Å². The zero-order valence-corrected chi connectivity index (χ0v) is 16.1. The van der Waals surface area contributed by atoms with Crippen LogP contribution in [0.3, 0.4) is 0 Å². The first-order valence-corrected chi connectivity index (χ1v) is 9.88. The Morgan fingerprint density at radius 2 is 1.92 bits per heavy atom. The summed E-state index contributed by atoms with van der Waals surface area (Å²) in [6.07, 6.45) is 9.14. The van der Waals surface area contributed by atoms with Crippen LogP contribution < -0.4 is 0 Å².